The Morgan fingerprint density at radius 3 is 1.28 bits per heavy atom. The Labute approximate surface area is 213 Å². The zero-order chi connectivity index (χ0) is 24.7. The Bertz CT molecular complexity index is 1150. The SMILES string of the molecule is C1=C/c2ccccc2\C=C/N=C\1.C1=C/c2ccccc2\C=C/N=C\1.C1=N/C=C\C=C/c2ccccc21. The Balaban J connectivity index is 0.000000127. The molecule has 3 aliphatic heterocycles. The molecule has 36 heavy (non-hydrogen) atoms. The van der Waals surface area contributed by atoms with Gasteiger partial charge in [-0.05, 0) is 63.8 Å². The molecule has 3 aromatic rings. The maximum atomic E-state index is 4.12. The molecule has 0 saturated carbocycles. The topological polar surface area (TPSA) is 37.1 Å². The summed E-state index contributed by atoms with van der Waals surface area (Å²) < 4.78 is 0. The number of aliphatic imine (C=N–C) groups is 3. The van der Waals surface area contributed by atoms with E-state index >= 15 is 0 Å². The Hall–Kier alpha value is -4.89. The highest BCUT2D eigenvalue weighted by molar-refractivity contribution is 5.86. The maximum absolute atomic E-state index is 4.12. The Morgan fingerprint density at radius 2 is 0.750 bits per heavy atom. The third-order valence-corrected chi connectivity index (χ3v) is 5.34. The fourth-order valence-corrected chi connectivity index (χ4v) is 3.53. The van der Waals surface area contributed by atoms with Gasteiger partial charge in [-0.15, -0.1) is 0 Å². The lowest BCUT2D eigenvalue weighted by Crippen LogP contribution is -1.86. The van der Waals surface area contributed by atoms with Crippen molar-refractivity contribution in [3.63, 3.8) is 0 Å². The second-order valence-electron chi connectivity index (χ2n) is 7.81. The molecule has 0 unspecified atom stereocenters. The van der Waals surface area contributed by atoms with Gasteiger partial charge in [-0.2, -0.15) is 0 Å². The van der Waals surface area contributed by atoms with E-state index in [0.29, 0.717) is 0 Å². The molecule has 0 saturated heterocycles. The molecule has 0 amide bonds. The molecule has 0 atom stereocenters. The van der Waals surface area contributed by atoms with E-state index in [1.165, 1.54) is 27.8 Å². The Kier molecular flexibility index (Phi) is 9.24. The fraction of sp³-hybridized carbons (Fsp3) is 0. The predicted octanol–water partition coefficient (Wildman–Crippen LogP) is 8.16. The number of rotatable bonds is 0. The number of fused-ring (bicyclic) bond motifs is 3. The van der Waals surface area contributed by atoms with Crippen LogP contribution < -0.4 is 0 Å². The molecular formula is C33H27N3. The van der Waals surface area contributed by atoms with Crippen molar-refractivity contribution in [3.05, 3.63) is 149 Å². The minimum Gasteiger partial charge on any atom is -0.265 e. The van der Waals surface area contributed by atoms with Gasteiger partial charge >= 0.3 is 0 Å². The van der Waals surface area contributed by atoms with E-state index in [2.05, 4.69) is 69.6 Å². The van der Waals surface area contributed by atoms with Crippen LogP contribution in [0.25, 0.3) is 30.4 Å². The summed E-state index contributed by atoms with van der Waals surface area (Å²) in [5, 5.41) is 0. The van der Waals surface area contributed by atoms with Crippen LogP contribution in [-0.2, 0) is 0 Å². The van der Waals surface area contributed by atoms with Gasteiger partial charge in [0.05, 0.1) is 0 Å². The second kappa shape index (κ2) is 13.7. The summed E-state index contributed by atoms with van der Waals surface area (Å²) in [5.74, 6) is 0. The van der Waals surface area contributed by atoms with Crippen molar-refractivity contribution in [2.75, 3.05) is 0 Å². The first-order chi connectivity index (χ1) is 17.9. The largest absolute Gasteiger partial charge is 0.265 e. The minimum atomic E-state index is 1.16. The highest BCUT2D eigenvalue weighted by Crippen LogP contribution is 2.14. The smallest absolute Gasteiger partial charge is 0.0346 e. The van der Waals surface area contributed by atoms with Crippen LogP contribution in [0.3, 0.4) is 0 Å². The van der Waals surface area contributed by atoms with Crippen molar-refractivity contribution < 1.29 is 0 Å². The molecule has 3 aliphatic rings. The molecule has 0 fully saturated rings. The summed E-state index contributed by atoms with van der Waals surface area (Å²) >= 11 is 0. The van der Waals surface area contributed by atoms with E-state index in [1.54, 1.807) is 18.6 Å². The maximum Gasteiger partial charge on any atom is 0.0346 e. The van der Waals surface area contributed by atoms with E-state index in [4.69, 9.17) is 0 Å². The third-order valence-electron chi connectivity index (χ3n) is 5.34. The average molecular weight is 466 g/mol. The monoisotopic (exact) mass is 465 g/mol. The highest BCUT2D eigenvalue weighted by atomic mass is 14.7. The standard InChI is InChI=1S/3C11H9N/c1-2-7-11-9-12-8-4-3-6-10(11)5-1;2*1-2-5-11-7-9-12-8-3-6-10(11)4-1/h3*1-9H/b4-3?,6-3-,8-4-,10-6?,11-9?,12-8?,12-9?;2*6-3-,8-3?,9-7-,10-6?,11-7?,12-8-,12-9?. The van der Waals surface area contributed by atoms with Crippen LogP contribution in [0, 0.1) is 0 Å². The lowest BCUT2D eigenvalue weighted by atomic mass is 10.1. The van der Waals surface area contributed by atoms with Crippen molar-refractivity contribution in [1.82, 2.24) is 0 Å². The van der Waals surface area contributed by atoms with Crippen molar-refractivity contribution >= 4 is 49.0 Å². The van der Waals surface area contributed by atoms with Crippen LogP contribution in [0.1, 0.15) is 33.4 Å². The number of hydrogen-bond acceptors (Lipinski definition) is 3. The summed E-state index contributed by atoms with van der Waals surface area (Å²) in [4.78, 5) is 12.2. The van der Waals surface area contributed by atoms with Crippen molar-refractivity contribution in [2.45, 2.75) is 0 Å². The number of hydrogen-bond donors (Lipinski definition) is 0. The van der Waals surface area contributed by atoms with E-state index < -0.39 is 0 Å². The summed E-state index contributed by atoms with van der Waals surface area (Å²) in [7, 11) is 0. The molecule has 6 rings (SSSR count). The molecule has 0 N–H and O–H groups in total. The average Bonchev–Trinajstić information content (AvgIpc) is 2.86. The van der Waals surface area contributed by atoms with Gasteiger partial charge < -0.3 is 0 Å². The molecule has 3 aromatic carbocycles. The molecule has 174 valence electrons. The van der Waals surface area contributed by atoms with Crippen LogP contribution >= 0.6 is 0 Å². The van der Waals surface area contributed by atoms with Crippen molar-refractivity contribution in [1.29, 1.82) is 0 Å². The van der Waals surface area contributed by atoms with Gasteiger partial charge in [0.1, 0.15) is 0 Å². The van der Waals surface area contributed by atoms with Crippen LogP contribution in [0.15, 0.2) is 131 Å². The van der Waals surface area contributed by atoms with E-state index in [0.717, 1.165) is 5.56 Å². The Morgan fingerprint density at radius 1 is 0.333 bits per heavy atom. The van der Waals surface area contributed by atoms with Gasteiger partial charge in [-0.3, -0.25) is 15.0 Å². The van der Waals surface area contributed by atoms with E-state index in [9.17, 15) is 0 Å². The van der Waals surface area contributed by atoms with E-state index in [1.807, 2.05) is 91.5 Å². The van der Waals surface area contributed by atoms with Gasteiger partial charge in [-0.25, -0.2) is 0 Å². The molecule has 3 heterocycles. The van der Waals surface area contributed by atoms with Crippen molar-refractivity contribution in [3.8, 4) is 0 Å². The normalized spacial score (nSPS) is 20.8. The number of nitrogens with zero attached hydrogens (tertiary/aromatic N) is 3. The number of benzene rings is 3. The summed E-state index contributed by atoms with van der Waals surface area (Å²) in [6.07, 6.45) is 28.9. The molecular weight excluding hydrogens is 438 g/mol. The molecule has 3 nitrogen and oxygen atoms in total. The minimum absolute atomic E-state index is 1.16. The first-order valence-corrected chi connectivity index (χ1v) is 11.8. The van der Waals surface area contributed by atoms with Crippen LogP contribution in [-0.4, -0.2) is 18.6 Å². The third kappa shape index (κ3) is 7.57. The van der Waals surface area contributed by atoms with Gasteiger partial charge in [0, 0.05) is 37.2 Å². The first kappa shape index (κ1) is 24.2. The zero-order valence-corrected chi connectivity index (χ0v) is 19.9. The summed E-state index contributed by atoms with van der Waals surface area (Å²) in [6, 6.07) is 24.7. The summed E-state index contributed by atoms with van der Waals surface area (Å²) in [6.45, 7) is 0. The molecule has 0 aromatic heterocycles. The molecule has 0 spiro atoms. The van der Waals surface area contributed by atoms with Gasteiger partial charge in [-0.1, -0.05) is 97.1 Å². The van der Waals surface area contributed by atoms with Crippen molar-refractivity contribution in [2.24, 2.45) is 15.0 Å². The number of allylic oxidation sites excluding steroid dienone is 4. The van der Waals surface area contributed by atoms with Gasteiger partial charge in [0.25, 0.3) is 0 Å². The summed E-state index contributed by atoms with van der Waals surface area (Å²) in [5.41, 5.74) is 7.28. The van der Waals surface area contributed by atoms with Gasteiger partial charge in [0.2, 0.25) is 0 Å². The zero-order valence-electron chi connectivity index (χ0n) is 19.9. The predicted molar refractivity (Wildman–Crippen MR) is 158 cm³/mol. The van der Waals surface area contributed by atoms with Crippen LogP contribution in [0.4, 0.5) is 0 Å². The highest BCUT2D eigenvalue weighted by Gasteiger charge is 1.95. The lowest BCUT2D eigenvalue weighted by molar-refractivity contribution is 1.53. The van der Waals surface area contributed by atoms with E-state index in [-0.39, 0.29) is 0 Å². The molecule has 3 heteroatoms. The fourth-order valence-electron chi connectivity index (χ4n) is 3.53. The molecule has 0 radical (unpaired) electrons. The van der Waals surface area contributed by atoms with Crippen LogP contribution in [0.2, 0.25) is 0 Å². The molecule has 0 aliphatic carbocycles. The quantitative estimate of drug-likeness (QED) is 0.321. The molecule has 0 bridgehead atoms. The first-order valence-electron chi connectivity index (χ1n) is 11.8. The van der Waals surface area contributed by atoms with Crippen LogP contribution in [0.5, 0.6) is 0 Å². The second-order valence-corrected chi connectivity index (χ2v) is 7.81. The van der Waals surface area contributed by atoms with Gasteiger partial charge in [0.15, 0.2) is 0 Å². The lowest BCUT2D eigenvalue weighted by Gasteiger charge is -1.99.